The number of rotatable bonds is 11. The summed E-state index contributed by atoms with van der Waals surface area (Å²) in [5.74, 6) is -0.706. The van der Waals surface area contributed by atoms with Gasteiger partial charge in [-0.05, 0) is 66.6 Å². The predicted molar refractivity (Wildman–Crippen MR) is 153 cm³/mol. The summed E-state index contributed by atoms with van der Waals surface area (Å²) in [6.45, 7) is 1.21. The van der Waals surface area contributed by atoms with Gasteiger partial charge < -0.3 is 4.74 Å². The first-order chi connectivity index (χ1) is 19.2. The van der Waals surface area contributed by atoms with Gasteiger partial charge in [0.25, 0.3) is 5.91 Å². The largest absolute Gasteiger partial charge is 0.489 e. The van der Waals surface area contributed by atoms with Crippen molar-refractivity contribution in [3.05, 3.63) is 130 Å². The molecule has 40 heavy (non-hydrogen) atoms. The summed E-state index contributed by atoms with van der Waals surface area (Å²) in [4.78, 5) is 12.7. The van der Waals surface area contributed by atoms with Crippen LogP contribution in [0.1, 0.15) is 22.3 Å². The van der Waals surface area contributed by atoms with Gasteiger partial charge in [-0.3, -0.25) is 4.79 Å². The maximum atomic E-state index is 14.5. The maximum absolute atomic E-state index is 14.5. The third kappa shape index (κ3) is 7.75. The van der Waals surface area contributed by atoms with Crippen molar-refractivity contribution in [3.63, 3.8) is 0 Å². The Morgan fingerprint density at radius 2 is 1.68 bits per heavy atom. The molecule has 206 valence electrons. The summed E-state index contributed by atoms with van der Waals surface area (Å²) in [6, 6.07) is 27.1. The monoisotopic (exact) mass is 579 g/mol. The first-order valence-electron chi connectivity index (χ1n) is 12.3. The molecule has 1 N–H and O–H groups in total. The van der Waals surface area contributed by atoms with Crippen molar-refractivity contribution in [2.45, 2.75) is 25.0 Å². The number of nitrogens with zero attached hydrogens (tertiary/aromatic N) is 2. The zero-order valence-electron chi connectivity index (χ0n) is 21.6. The summed E-state index contributed by atoms with van der Waals surface area (Å²) in [5.41, 5.74) is 4.90. The zero-order valence-corrected chi connectivity index (χ0v) is 23.2. The number of hydrazone groups is 1. The van der Waals surface area contributed by atoms with Crippen LogP contribution in [0.5, 0.6) is 5.75 Å². The molecule has 0 aliphatic carbocycles. The smallest absolute Gasteiger partial charge is 0.255 e. The predicted octanol–water partition coefficient (Wildman–Crippen LogP) is 5.71. The van der Waals surface area contributed by atoms with Crippen molar-refractivity contribution in [1.82, 2.24) is 9.73 Å². The van der Waals surface area contributed by atoms with Crippen LogP contribution in [-0.2, 0) is 28.0 Å². The number of sulfonamides is 1. The molecule has 4 rings (SSSR count). The highest BCUT2D eigenvalue weighted by Gasteiger charge is 2.28. The molecule has 0 aliphatic heterocycles. The van der Waals surface area contributed by atoms with Crippen LogP contribution >= 0.6 is 11.6 Å². The number of aryl methyl sites for hydroxylation is 1. The normalized spacial score (nSPS) is 11.6. The van der Waals surface area contributed by atoms with E-state index in [9.17, 15) is 17.6 Å². The van der Waals surface area contributed by atoms with Gasteiger partial charge in [0.1, 0.15) is 18.2 Å². The number of hydrogen-bond donors (Lipinski definition) is 1. The lowest BCUT2D eigenvalue weighted by atomic mass is 10.2. The van der Waals surface area contributed by atoms with E-state index in [1.54, 1.807) is 36.4 Å². The fourth-order valence-corrected chi connectivity index (χ4v) is 5.30. The first kappa shape index (κ1) is 28.9. The van der Waals surface area contributed by atoms with Crippen LogP contribution in [0, 0.1) is 12.7 Å². The minimum Gasteiger partial charge on any atom is -0.489 e. The molecule has 0 atom stereocenters. The number of hydrogen-bond acceptors (Lipinski definition) is 5. The molecule has 10 heteroatoms. The molecule has 0 spiro atoms. The van der Waals surface area contributed by atoms with E-state index in [2.05, 4.69) is 10.5 Å². The van der Waals surface area contributed by atoms with Gasteiger partial charge in [-0.2, -0.15) is 9.41 Å². The van der Waals surface area contributed by atoms with Crippen molar-refractivity contribution in [1.29, 1.82) is 0 Å². The second-order valence-corrected chi connectivity index (χ2v) is 11.3. The second kappa shape index (κ2) is 13.3. The van der Waals surface area contributed by atoms with E-state index in [0.717, 1.165) is 15.4 Å². The molecule has 0 saturated heterocycles. The van der Waals surface area contributed by atoms with Crippen molar-refractivity contribution < 1.29 is 22.3 Å². The first-order valence-corrected chi connectivity index (χ1v) is 14.1. The molecule has 0 radical (unpaired) electrons. The summed E-state index contributed by atoms with van der Waals surface area (Å²) in [6.07, 6.45) is 1.42. The number of carbonyl (C=O) groups excluding carboxylic acids is 1. The number of halogens is 2. The van der Waals surface area contributed by atoms with Crippen LogP contribution in [0.25, 0.3) is 0 Å². The van der Waals surface area contributed by atoms with Gasteiger partial charge in [0.2, 0.25) is 10.0 Å². The van der Waals surface area contributed by atoms with Crippen LogP contribution in [0.3, 0.4) is 0 Å². The van der Waals surface area contributed by atoms with E-state index in [1.807, 2.05) is 37.3 Å². The average molecular weight is 580 g/mol. The molecule has 0 bridgehead atoms. The van der Waals surface area contributed by atoms with Gasteiger partial charge in [-0.25, -0.2) is 18.2 Å². The van der Waals surface area contributed by atoms with E-state index in [4.69, 9.17) is 16.3 Å². The number of ether oxygens (including phenoxy) is 1. The Morgan fingerprint density at radius 1 is 0.975 bits per heavy atom. The third-order valence-corrected chi connectivity index (χ3v) is 8.07. The number of nitrogens with one attached hydrogen (secondary N) is 1. The quantitative estimate of drug-likeness (QED) is 0.182. The number of benzene rings is 4. The Labute approximate surface area is 237 Å². The molecular formula is C30H27ClFN3O4S. The fraction of sp³-hybridized carbons (Fsp3) is 0.133. The van der Waals surface area contributed by atoms with E-state index < -0.39 is 34.8 Å². The average Bonchev–Trinajstić information content (AvgIpc) is 2.95. The van der Waals surface area contributed by atoms with Gasteiger partial charge in [0.05, 0.1) is 17.7 Å². The van der Waals surface area contributed by atoms with Crippen LogP contribution < -0.4 is 10.2 Å². The second-order valence-electron chi connectivity index (χ2n) is 8.92. The summed E-state index contributed by atoms with van der Waals surface area (Å²) in [7, 11) is -4.17. The topological polar surface area (TPSA) is 88.1 Å². The van der Waals surface area contributed by atoms with Crippen LogP contribution in [-0.4, -0.2) is 31.4 Å². The van der Waals surface area contributed by atoms with Crippen molar-refractivity contribution in [3.8, 4) is 5.75 Å². The van der Waals surface area contributed by atoms with Crippen LogP contribution in [0.15, 0.2) is 107 Å². The molecule has 7 nitrogen and oxygen atoms in total. The molecule has 0 aliphatic rings. The molecule has 4 aromatic rings. The Hall–Kier alpha value is -4.05. The zero-order chi connectivity index (χ0) is 28.5. The SMILES string of the molecule is Cc1ccc(S(=O)(=O)N(CC(=O)N/N=C\c2ccc(OCc3ccccc3)cc2)Cc2c(F)cccc2Cl)cc1. The van der Waals surface area contributed by atoms with Gasteiger partial charge >= 0.3 is 0 Å². The molecule has 0 heterocycles. The fourth-order valence-electron chi connectivity index (χ4n) is 3.71. The molecule has 0 aromatic heterocycles. The van der Waals surface area contributed by atoms with Crippen LogP contribution in [0.2, 0.25) is 5.02 Å². The lowest BCUT2D eigenvalue weighted by molar-refractivity contribution is -0.121. The highest BCUT2D eigenvalue weighted by Crippen LogP contribution is 2.25. The van der Waals surface area contributed by atoms with Gasteiger partial charge in [0.15, 0.2) is 0 Å². The summed E-state index contributed by atoms with van der Waals surface area (Å²) < 4.78 is 47.9. The molecule has 4 aromatic carbocycles. The molecule has 1 amide bonds. The Kier molecular flexibility index (Phi) is 9.65. The minimum atomic E-state index is -4.17. The molecule has 0 fully saturated rings. The molecule has 0 unspecified atom stereocenters. The van der Waals surface area contributed by atoms with Crippen molar-refractivity contribution >= 4 is 33.7 Å². The van der Waals surface area contributed by atoms with E-state index >= 15 is 0 Å². The maximum Gasteiger partial charge on any atom is 0.255 e. The van der Waals surface area contributed by atoms with E-state index in [1.165, 1.54) is 36.5 Å². The standard InChI is InChI=1S/C30H27ClFN3O4S/c1-22-10-16-26(17-11-22)40(37,38)35(19-27-28(31)8-5-9-29(27)32)20-30(36)34-33-18-23-12-14-25(15-13-23)39-21-24-6-3-2-4-7-24/h2-18H,19-21H2,1H3,(H,34,36)/b33-18-. The minimum absolute atomic E-state index is 0.0311. The third-order valence-electron chi connectivity index (χ3n) is 5.91. The van der Waals surface area contributed by atoms with Gasteiger partial charge in [0, 0.05) is 17.1 Å². The van der Waals surface area contributed by atoms with Crippen LogP contribution in [0.4, 0.5) is 4.39 Å². The highest BCUT2D eigenvalue weighted by molar-refractivity contribution is 7.89. The Bertz CT molecular complexity index is 1560. The van der Waals surface area contributed by atoms with E-state index in [0.29, 0.717) is 17.9 Å². The highest BCUT2D eigenvalue weighted by atomic mass is 35.5. The van der Waals surface area contributed by atoms with Gasteiger partial charge in [-0.1, -0.05) is 65.7 Å². The lowest BCUT2D eigenvalue weighted by Crippen LogP contribution is -2.39. The number of amides is 1. The lowest BCUT2D eigenvalue weighted by Gasteiger charge is -2.22. The van der Waals surface area contributed by atoms with E-state index in [-0.39, 0.29) is 15.5 Å². The van der Waals surface area contributed by atoms with Crippen molar-refractivity contribution in [2.75, 3.05) is 6.54 Å². The summed E-state index contributed by atoms with van der Waals surface area (Å²) in [5, 5.41) is 3.99. The molecule has 0 saturated carbocycles. The molecular weight excluding hydrogens is 553 g/mol. The number of carbonyl (C=O) groups is 1. The summed E-state index contributed by atoms with van der Waals surface area (Å²) >= 11 is 6.15. The van der Waals surface area contributed by atoms with Crippen molar-refractivity contribution in [2.24, 2.45) is 5.10 Å². The van der Waals surface area contributed by atoms with Gasteiger partial charge in [-0.15, -0.1) is 0 Å². The Morgan fingerprint density at radius 3 is 2.35 bits per heavy atom. The Balaban J connectivity index is 1.42.